The molecular formula is C14H31ClO6Si. The molecule has 0 aromatic rings. The van der Waals surface area contributed by atoms with Crippen molar-refractivity contribution in [2.24, 2.45) is 11.8 Å². The van der Waals surface area contributed by atoms with E-state index in [0.29, 0.717) is 6.61 Å². The van der Waals surface area contributed by atoms with E-state index in [0.717, 1.165) is 0 Å². The summed E-state index contributed by atoms with van der Waals surface area (Å²) in [4.78, 5) is 21.0. The number of carbonyl (C=O) groups excluding carboxylic acids is 2. The maximum Gasteiger partial charge on any atom is 0.310 e. The lowest BCUT2D eigenvalue weighted by Crippen LogP contribution is -2.17. The van der Waals surface area contributed by atoms with Crippen LogP contribution in [0, 0.1) is 11.8 Å². The van der Waals surface area contributed by atoms with Crippen LogP contribution in [0.25, 0.3) is 0 Å². The van der Waals surface area contributed by atoms with E-state index >= 15 is 0 Å². The van der Waals surface area contributed by atoms with Gasteiger partial charge in [0.05, 0.1) is 39.3 Å². The molecule has 0 aliphatic rings. The zero-order valence-corrected chi connectivity index (χ0v) is 16.7. The summed E-state index contributed by atoms with van der Waals surface area (Å²) < 4.78 is 13.5. The van der Waals surface area contributed by atoms with Gasteiger partial charge in [0.1, 0.15) is 7.38 Å². The fraction of sp³-hybridized carbons (Fsp3) is 0.857. The van der Waals surface area contributed by atoms with Crippen LogP contribution in [0.5, 0.6) is 0 Å². The number of aliphatic hydroxyl groups excluding tert-OH is 1. The van der Waals surface area contributed by atoms with Gasteiger partial charge in [-0.3, -0.25) is 9.59 Å². The largest absolute Gasteiger partial charge is 0.469 e. The first-order valence-electron chi connectivity index (χ1n) is 6.88. The average molecular weight is 359 g/mol. The maximum atomic E-state index is 10.6. The average Bonchev–Trinajstić information content (AvgIpc) is 2.43. The molecule has 22 heavy (non-hydrogen) atoms. The number of hydrogen-bond acceptors (Lipinski definition) is 6. The van der Waals surface area contributed by atoms with E-state index < -0.39 is 7.38 Å². The normalized spacial score (nSPS) is 12.6. The smallest absolute Gasteiger partial charge is 0.310 e. The lowest BCUT2D eigenvalue weighted by atomic mass is 10.2. The summed E-state index contributed by atoms with van der Waals surface area (Å²) >= 11 is 5.67. The Hall–Kier alpha value is -0.633. The second-order valence-electron chi connectivity index (χ2n) is 5.55. The van der Waals surface area contributed by atoms with Crippen LogP contribution in [-0.4, -0.2) is 59.0 Å². The summed E-state index contributed by atoms with van der Waals surface area (Å²) in [5, 5.41) is 8.34. The van der Waals surface area contributed by atoms with Gasteiger partial charge in [-0.15, -0.1) is 0 Å². The van der Waals surface area contributed by atoms with Crippen molar-refractivity contribution in [2.75, 3.05) is 34.5 Å². The summed E-state index contributed by atoms with van der Waals surface area (Å²) in [6.45, 7) is 9.91. The van der Waals surface area contributed by atoms with Gasteiger partial charge in [-0.25, -0.2) is 0 Å². The summed E-state index contributed by atoms with van der Waals surface area (Å²) in [5.74, 6) is -1.13. The van der Waals surface area contributed by atoms with Gasteiger partial charge in [-0.05, 0) is 13.8 Å². The molecule has 0 aliphatic carbocycles. The van der Waals surface area contributed by atoms with Gasteiger partial charge in [0.2, 0.25) is 0 Å². The third-order valence-corrected chi connectivity index (χ3v) is 1.90. The molecule has 0 spiro atoms. The first kappa shape index (κ1) is 26.3. The van der Waals surface area contributed by atoms with Crippen molar-refractivity contribution >= 4 is 30.4 Å². The third kappa shape index (κ3) is 24.4. The number of carbonyl (C=O) groups is 2. The lowest BCUT2D eigenvalue weighted by Gasteiger charge is -2.05. The minimum absolute atomic E-state index is 0.146. The van der Waals surface area contributed by atoms with Crippen molar-refractivity contribution in [1.82, 2.24) is 0 Å². The van der Waals surface area contributed by atoms with E-state index in [4.69, 9.17) is 20.9 Å². The number of esters is 2. The van der Waals surface area contributed by atoms with Gasteiger partial charge in [0.15, 0.2) is 0 Å². The van der Waals surface area contributed by atoms with Gasteiger partial charge in [-0.1, -0.05) is 19.6 Å². The Labute approximate surface area is 139 Å². The lowest BCUT2D eigenvalue weighted by molar-refractivity contribution is -0.147. The topological polar surface area (TPSA) is 82.1 Å². The number of rotatable bonds is 5. The Bertz CT molecular complexity index is 288. The van der Waals surface area contributed by atoms with Crippen molar-refractivity contribution in [2.45, 2.75) is 33.5 Å². The number of ether oxygens (including phenoxy) is 3. The molecule has 0 aromatic heterocycles. The SMILES string of the molecule is COC(=O)[C@@H](C)CO.COC[C@H](C)C(=O)OC.C[Si](C)(C)Cl. The predicted octanol–water partition coefficient (Wildman–Crippen LogP) is 2.29. The Morgan fingerprint density at radius 3 is 1.50 bits per heavy atom. The second-order valence-corrected chi connectivity index (χ2v) is 13.1. The molecule has 1 N–H and O–H groups in total. The highest BCUT2D eigenvalue weighted by Gasteiger charge is 2.11. The monoisotopic (exact) mass is 358 g/mol. The van der Waals surface area contributed by atoms with E-state index in [1.54, 1.807) is 21.0 Å². The van der Waals surface area contributed by atoms with E-state index in [2.05, 4.69) is 29.1 Å². The van der Waals surface area contributed by atoms with Crippen LogP contribution in [0.4, 0.5) is 0 Å². The van der Waals surface area contributed by atoms with Crippen LogP contribution >= 0.6 is 11.1 Å². The van der Waals surface area contributed by atoms with E-state index in [1.165, 1.54) is 14.2 Å². The molecule has 0 saturated heterocycles. The van der Waals surface area contributed by atoms with Crippen LogP contribution in [-0.2, 0) is 23.8 Å². The number of hydrogen-bond donors (Lipinski definition) is 1. The number of halogens is 1. The number of aliphatic hydroxyl groups is 1. The molecule has 0 amide bonds. The summed E-state index contributed by atoms with van der Waals surface area (Å²) in [6.07, 6.45) is 0. The Balaban J connectivity index is -0.000000257. The highest BCUT2D eigenvalue weighted by Crippen LogP contribution is 2.03. The van der Waals surface area contributed by atoms with Crippen molar-refractivity contribution in [3.63, 3.8) is 0 Å². The van der Waals surface area contributed by atoms with Gasteiger partial charge >= 0.3 is 11.9 Å². The molecule has 2 atom stereocenters. The predicted molar refractivity (Wildman–Crippen MR) is 90.5 cm³/mol. The van der Waals surface area contributed by atoms with Crippen molar-refractivity contribution < 1.29 is 28.9 Å². The number of methoxy groups -OCH3 is 3. The minimum atomic E-state index is -1.14. The zero-order valence-electron chi connectivity index (χ0n) is 14.9. The Morgan fingerprint density at radius 1 is 1.00 bits per heavy atom. The van der Waals surface area contributed by atoms with Crippen LogP contribution in [0.2, 0.25) is 19.6 Å². The molecule has 0 aliphatic heterocycles. The minimum Gasteiger partial charge on any atom is -0.469 e. The van der Waals surface area contributed by atoms with Gasteiger partial charge in [-0.2, -0.15) is 11.1 Å². The van der Waals surface area contributed by atoms with Crippen LogP contribution in [0.3, 0.4) is 0 Å². The standard InChI is InChI=1S/C6H12O3.C5H10O3.C3H9ClSi/c1-5(4-8-2)6(7)9-3;1-4(3-6)5(7)8-2;1-5(2,3)4/h5H,4H2,1-3H3;4,6H,3H2,1-2H3;1-3H3/t5-;4-;/m00./s1. The molecular weight excluding hydrogens is 328 g/mol. The van der Waals surface area contributed by atoms with E-state index in [-0.39, 0.29) is 30.4 Å². The fourth-order valence-electron chi connectivity index (χ4n) is 0.795. The summed E-state index contributed by atoms with van der Waals surface area (Å²) in [5.41, 5.74) is 0. The molecule has 8 heteroatoms. The zero-order chi connectivity index (χ0) is 18.3. The third-order valence-electron chi connectivity index (χ3n) is 1.90. The molecule has 0 radical (unpaired) electrons. The molecule has 0 rings (SSSR count). The van der Waals surface area contributed by atoms with Crippen LogP contribution in [0.1, 0.15) is 13.8 Å². The molecule has 0 heterocycles. The van der Waals surface area contributed by atoms with Crippen molar-refractivity contribution in [3.05, 3.63) is 0 Å². The highest BCUT2D eigenvalue weighted by atomic mass is 35.6. The van der Waals surface area contributed by atoms with Gasteiger partial charge in [0.25, 0.3) is 0 Å². The van der Waals surface area contributed by atoms with Crippen molar-refractivity contribution in [1.29, 1.82) is 0 Å². The molecule has 6 nitrogen and oxygen atoms in total. The second kappa shape index (κ2) is 15.3. The molecule has 0 fully saturated rings. The van der Waals surface area contributed by atoms with E-state index in [9.17, 15) is 9.59 Å². The Kier molecular flexibility index (Phi) is 18.2. The first-order chi connectivity index (χ1) is 9.94. The van der Waals surface area contributed by atoms with Gasteiger partial charge < -0.3 is 19.3 Å². The summed E-state index contributed by atoms with van der Waals surface area (Å²) in [7, 11) is 3.09. The summed E-state index contributed by atoms with van der Waals surface area (Å²) in [6, 6.07) is 0. The van der Waals surface area contributed by atoms with Crippen LogP contribution < -0.4 is 0 Å². The highest BCUT2D eigenvalue weighted by molar-refractivity contribution is 7.18. The maximum absolute atomic E-state index is 10.6. The van der Waals surface area contributed by atoms with Crippen molar-refractivity contribution in [3.8, 4) is 0 Å². The Morgan fingerprint density at radius 2 is 1.32 bits per heavy atom. The molecule has 0 unspecified atom stereocenters. The fourth-order valence-corrected chi connectivity index (χ4v) is 0.795. The van der Waals surface area contributed by atoms with Crippen LogP contribution in [0.15, 0.2) is 0 Å². The molecule has 0 aromatic carbocycles. The quantitative estimate of drug-likeness (QED) is 0.461. The molecule has 0 saturated carbocycles. The van der Waals surface area contributed by atoms with Gasteiger partial charge in [0, 0.05) is 7.11 Å². The first-order valence-corrected chi connectivity index (χ1v) is 11.4. The van der Waals surface area contributed by atoms with E-state index in [1.807, 2.05) is 0 Å². The molecule has 0 bridgehead atoms. The molecule has 134 valence electrons.